The standard InChI is InChI=1S/C14H28O2/c1-5-16-11-14(15)9-6-7-12(8-10-14)13(2,3)4/h12,15H,5-11H2,1-4H3. The van der Waals surface area contributed by atoms with E-state index < -0.39 is 5.60 Å². The Morgan fingerprint density at radius 3 is 2.50 bits per heavy atom. The Morgan fingerprint density at radius 2 is 1.94 bits per heavy atom. The molecule has 1 N–H and O–H groups in total. The highest BCUT2D eigenvalue weighted by Crippen LogP contribution is 2.39. The maximum Gasteiger partial charge on any atom is 0.0880 e. The van der Waals surface area contributed by atoms with E-state index in [9.17, 15) is 5.11 Å². The van der Waals surface area contributed by atoms with Gasteiger partial charge in [0.15, 0.2) is 0 Å². The van der Waals surface area contributed by atoms with Gasteiger partial charge < -0.3 is 9.84 Å². The first-order valence-corrected chi connectivity index (χ1v) is 6.67. The van der Waals surface area contributed by atoms with Crippen LogP contribution in [0.1, 0.15) is 59.8 Å². The first-order chi connectivity index (χ1) is 7.37. The van der Waals surface area contributed by atoms with E-state index in [1.807, 2.05) is 6.92 Å². The first kappa shape index (κ1) is 14.0. The number of hydrogen-bond acceptors (Lipinski definition) is 2. The molecule has 2 nitrogen and oxygen atoms in total. The maximum atomic E-state index is 10.4. The molecule has 0 aromatic rings. The third kappa shape index (κ3) is 4.06. The van der Waals surface area contributed by atoms with E-state index in [0.29, 0.717) is 18.6 Å². The summed E-state index contributed by atoms with van der Waals surface area (Å²) in [6.45, 7) is 10.1. The van der Waals surface area contributed by atoms with Crippen LogP contribution in [0.3, 0.4) is 0 Å². The number of ether oxygens (including phenoxy) is 1. The van der Waals surface area contributed by atoms with E-state index in [2.05, 4.69) is 20.8 Å². The molecular formula is C14H28O2. The summed E-state index contributed by atoms with van der Waals surface area (Å²) >= 11 is 0. The van der Waals surface area contributed by atoms with Gasteiger partial charge in [-0.25, -0.2) is 0 Å². The van der Waals surface area contributed by atoms with Crippen molar-refractivity contribution in [3.8, 4) is 0 Å². The summed E-state index contributed by atoms with van der Waals surface area (Å²) in [4.78, 5) is 0. The Bertz CT molecular complexity index is 207. The number of aliphatic hydroxyl groups is 1. The fraction of sp³-hybridized carbons (Fsp3) is 1.00. The Balaban J connectivity index is 2.51. The monoisotopic (exact) mass is 228 g/mol. The fourth-order valence-corrected chi connectivity index (χ4v) is 2.69. The molecule has 0 heterocycles. The average molecular weight is 228 g/mol. The fourth-order valence-electron chi connectivity index (χ4n) is 2.69. The Morgan fingerprint density at radius 1 is 1.25 bits per heavy atom. The molecule has 0 aromatic heterocycles. The van der Waals surface area contributed by atoms with Crippen molar-refractivity contribution in [3.63, 3.8) is 0 Å². The van der Waals surface area contributed by atoms with Gasteiger partial charge >= 0.3 is 0 Å². The van der Waals surface area contributed by atoms with Crippen molar-refractivity contribution >= 4 is 0 Å². The predicted octanol–water partition coefficient (Wildman–Crippen LogP) is 3.38. The molecule has 0 radical (unpaired) electrons. The Hall–Kier alpha value is -0.0800. The highest BCUT2D eigenvalue weighted by Gasteiger charge is 2.34. The molecule has 1 aliphatic carbocycles. The van der Waals surface area contributed by atoms with Gasteiger partial charge in [-0.1, -0.05) is 27.2 Å². The molecule has 1 aliphatic rings. The molecule has 2 unspecified atom stereocenters. The van der Waals surface area contributed by atoms with Crippen molar-refractivity contribution in [2.45, 2.75) is 65.4 Å². The summed E-state index contributed by atoms with van der Waals surface area (Å²) in [6, 6.07) is 0. The minimum absolute atomic E-state index is 0.372. The number of rotatable bonds is 3. The lowest BCUT2D eigenvalue weighted by Gasteiger charge is -2.30. The zero-order valence-corrected chi connectivity index (χ0v) is 11.4. The minimum Gasteiger partial charge on any atom is -0.387 e. The van der Waals surface area contributed by atoms with Gasteiger partial charge in [0, 0.05) is 6.61 Å². The van der Waals surface area contributed by atoms with Crippen LogP contribution < -0.4 is 0 Å². The van der Waals surface area contributed by atoms with Crippen molar-refractivity contribution in [1.29, 1.82) is 0 Å². The van der Waals surface area contributed by atoms with Crippen LogP contribution in [0.5, 0.6) is 0 Å². The molecule has 0 amide bonds. The molecule has 0 bridgehead atoms. The predicted molar refractivity (Wildman–Crippen MR) is 67.5 cm³/mol. The third-order valence-corrected chi connectivity index (χ3v) is 3.95. The Labute approximate surface area is 100 Å². The first-order valence-electron chi connectivity index (χ1n) is 6.67. The van der Waals surface area contributed by atoms with E-state index in [4.69, 9.17) is 4.74 Å². The van der Waals surface area contributed by atoms with Crippen LogP contribution in [0, 0.1) is 11.3 Å². The molecule has 96 valence electrons. The van der Waals surface area contributed by atoms with Crippen LogP contribution in [-0.2, 0) is 4.74 Å². The lowest BCUT2D eigenvalue weighted by atomic mass is 9.76. The molecule has 0 aromatic carbocycles. The second-order valence-corrected chi connectivity index (χ2v) is 6.36. The molecule has 2 atom stereocenters. The van der Waals surface area contributed by atoms with E-state index in [1.165, 1.54) is 6.42 Å². The summed E-state index contributed by atoms with van der Waals surface area (Å²) in [5, 5.41) is 10.4. The van der Waals surface area contributed by atoms with E-state index >= 15 is 0 Å². The van der Waals surface area contributed by atoms with Crippen molar-refractivity contribution in [3.05, 3.63) is 0 Å². The normalized spacial score (nSPS) is 32.4. The molecule has 2 heteroatoms. The van der Waals surface area contributed by atoms with Crippen molar-refractivity contribution in [2.24, 2.45) is 11.3 Å². The Kier molecular flexibility index (Phi) is 4.81. The van der Waals surface area contributed by atoms with Crippen LogP contribution in [0.2, 0.25) is 0 Å². The van der Waals surface area contributed by atoms with Crippen LogP contribution in [-0.4, -0.2) is 23.9 Å². The van der Waals surface area contributed by atoms with Gasteiger partial charge in [0.2, 0.25) is 0 Å². The topological polar surface area (TPSA) is 29.5 Å². The van der Waals surface area contributed by atoms with Gasteiger partial charge in [0.25, 0.3) is 0 Å². The van der Waals surface area contributed by atoms with Crippen molar-refractivity contribution < 1.29 is 9.84 Å². The number of hydrogen-bond donors (Lipinski definition) is 1. The van der Waals surface area contributed by atoms with Crippen LogP contribution in [0.4, 0.5) is 0 Å². The van der Waals surface area contributed by atoms with Gasteiger partial charge in [-0.15, -0.1) is 0 Å². The summed E-state index contributed by atoms with van der Waals surface area (Å²) < 4.78 is 5.40. The largest absolute Gasteiger partial charge is 0.387 e. The zero-order valence-electron chi connectivity index (χ0n) is 11.4. The quantitative estimate of drug-likeness (QED) is 0.750. The zero-order chi connectivity index (χ0) is 12.2. The van der Waals surface area contributed by atoms with Crippen LogP contribution in [0.15, 0.2) is 0 Å². The van der Waals surface area contributed by atoms with Gasteiger partial charge in [-0.2, -0.15) is 0 Å². The van der Waals surface area contributed by atoms with Crippen molar-refractivity contribution in [1.82, 2.24) is 0 Å². The SMILES string of the molecule is CCOCC1(O)CCCC(C(C)(C)C)CC1. The molecule has 0 spiro atoms. The van der Waals surface area contributed by atoms with E-state index in [-0.39, 0.29) is 0 Å². The average Bonchev–Trinajstić information content (AvgIpc) is 2.37. The van der Waals surface area contributed by atoms with Crippen LogP contribution in [0.25, 0.3) is 0 Å². The summed E-state index contributed by atoms with van der Waals surface area (Å²) in [6.07, 6.45) is 5.31. The minimum atomic E-state index is -0.560. The highest BCUT2D eigenvalue weighted by molar-refractivity contribution is 4.86. The lowest BCUT2D eigenvalue weighted by molar-refractivity contribution is -0.0541. The summed E-state index contributed by atoms with van der Waals surface area (Å²) in [5.74, 6) is 0.739. The third-order valence-electron chi connectivity index (χ3n) is 3.95. The van der Waals surface area contributed by atoms with Crippen molar-refractivity contribution in [2.75, 3.05) is 13.2 Å². The molecular weight excluding hydrogens is 200 g/mol. The lowest BCUT2D eigenvalue weighted by Crippen LogP contribution is -2.34. The molecule has 1 saturated carbocycles. The van der Waals surface area contributed by atoms with Crippen LogP contribution >= 0.6 is 0 Å². The highest BCUT2D eigenvalue weighted by atomic mass is 16.5. The van der Waals surface area contributed by atoms with E-state index in [1.54, 1.807) is 0 Å². The smallest absolute Gasteiger partial charge is 0.0880 e. The summed E-state index contributed by atoms with van der Waals surface area (Å²) in [7, 11) is 0. The van der Waals surface area contributed by atoms with Gasteiger partial charge in [-0.3, -0.25) is 0 Å². The second-order valence-electron chi connectivity index (χ2n) is 6.36. The molecule has 16 heavy (non-hydrogen) atoms. The van der Waals surface area contributed by atoms with Gasteiger partial charge in [0.1, 0.15) is 0 Å². The van der Waals surface area contributed by atoms with Gasteiger partial charge in [0.05, 0.1) is 12.2 Å². The van der Waals surface area contributed by atoms with E-state index in [0.717, 1.165) is 31.6 Å². The molecule has 1 rings (SSSR count). The maximum absolute atomic E-state index is 10.4. The second kappa shape index (κ2) is 5.50. The molecule has 0 aliphatic heterocycles. The summed E-state index contributed by atoms with van der Waals surface area (Å²) in [5.41, 5.74) is -0.188. The molecule has 1 fully saturated rings. The van der Waals surface area contributed by atoms with Gasteiger partial charge in [-0.05, 0) is 43.9 Å². The molecule has 0 saturated heterocycles.